The summed E-state index contributed by atoms with van der Waals surface area (Å²) in [6.07, 6.45) is -4.72. The fourth-order valence-electron chi connectivity index (χ4n) is 2.78. The number of alkyl halides is 3. The van der Waals surface area contributed by atoms with Gasteiger partial charge in [-0.3, -0.25) is 0 Å². The number of nitriles is 1. The Hall–Kier alpha value is -3.34. The van der Waals surface area contributed by atoms with Crippen molar-refractivity contribution >= 4 is 16.9 Å². The zero-order valence-corrected chi connectivity index (χ0v) is 13.0. The molecule has 0 fully saturated rings. The van der Waals surface area contributed by atoms with Crippen molar-refractivity contribution in [3.05, 3.63) is 70.7 Å². The quantitative estimate of drug-likeness (QED) is 0.702. The maximum Gasteiger partial charge on any atom is 0.416 e. The minimum Gasteiger partial charge on any atom is -0.477 e. The lowest BCUT2D eigenvalue weighted by Gasteiger charge is -2.12. The summed E-state index contributed by atoms with van der Waals surface area (Å²) in [5, 5.41) is 18.8. The molecule has 0 aliphatic carbocycles. The SMILES string of the molecule is N#Cc1ccc2c(c1)cc(C(=O)O)n2Cc1cc(F)cc(C(F)(F)F)c1. The average Bonchev–Trinajstić information content (AvgIpc) is 2.91. The Balaban J connectivity index is 2.14. The molecule has 3 rings (SSSR count). The van der Waals surface area contributed by atoms with Gasteiger partial charge in [-0.05, 0) is 48.0 Å². The molecule has 1 N–H and O–H groups in total. The Morgan fingerprint density at radius 2 is 1.88 bits per heavy atom. The van der Waals surface area contributed by atoms with Crippen LogP contribution in [0.5, 0.6) is 0 Å². The predicted octanol–water partition coefficient (Wildman–Crippen LogP) is 4.42. The second-order valence-corrected chi connectivity index (χ2v) is 5.65. The minimum atomic E-state index is -4.72. The van der Waals surface area contributed by atoms with E-state index in [1.165, 1.54) is 28.8 Å². The largest absolute Gasteiger partial charge is 0.477 e. The van der Waals surface area contributed by atoms with Crippen molar-refractivity contribution < 1.29 is 27.5 Å². The van der Waals surface area contributed by atoms with Gasteiger partial charge in [0.1, 0.15) is 11.5 Å². The van der Waals surface area contributed by atoms with E-state index in [2.05, 4.69) is 0 Å². The molecule has 0 spiro atoms. The third-order valence-electron chi connectivity index (χ3n) is 3.88. The highest BCUT2D eigenvalue weighted by Crippen LogP contribution is 2.31. The molecule has 0 amide bonds. The maximum absolute atomic E-state index is 13.6. The van der Waals surface area contributed by atoms with Gasteiger partial charge in [-0.15, -0.1) is 0 Å². The molecular formula is C18H10F4N2O2. The van der Waals surface area contributed by atoms with Gasteiger partial charge in [-0.25, -0.2) is 9.18 Å². The van der Waals surface area contributed by atoms with Crippen LogP contribution in [0.3, 0.4) is 0 Å². The summed E-state index contributed by atoms with van der Waals surface area (Å²) in [6.45, 7) is -0.266. The van der Waals surface area contributed by atoms with Crippen molar-refractivity contribution in [2.45, 2.75) is 12.7 Å². The number of carboxylic acids is 1. The van der Waals surface area contributed by atoms with Gasteiger partial charge in [-0.1, -0.05) is 0 Å². The van der Waals surface area contributed by atoms with Crippen LogP contribution in [0.25, 0.3) is 10.9 Å². The van der Waals surface area contributed by atoms with Crippen LogP contribution in [0.4, 0.5) is 17.6 Å². The molecule has 0 radical (unpaired) electrons. The number of halogens is 4. The van der Waals surface area contributed by atoms with Crippen LogP contribution >= 0.6 is 0 Å². The van der Waals surface area contributed by atoms with E-state index in [0.717, 1.165) is 12.1 Å². The van der Waals surface area contributed by atoms with Gasteiger partial charge < -0.3 is 9.67 Å². The summed E-state index contributed by atoms with van der Waals surface area (Å²) in [5.41, 5.74) is -0.613. The van der Waals surface area contributed by atoms with Gasteiger partial charge in [-0.2, -0.15) is 18.4 Å². The fraction of sp³-hybridized carbons (Fsp3) is 0.111. The first-order valence-electron chi connectivity index (χ1n) is 7.32. The molecule has 3 aromatic rings. The molecule has 0 saturated carbocycles. The normalized spacial score (nSPS) is 11.5. The molecule has 0 unspecified atom stereocenters. The average molecular weight is 362 g/mol. The summed E-state index contributed by atoms with van der Waals surface area (Å²) in [4.78, 5) is 11.5. The van der Waals surface area contributed by atoms with Crippen LogP contribution in [0.1, 0.15) is 27.2 Å². The van der Waals surface area contributed by atoms with Crippen molar-refractivity contribution in [2.24, 2.45) is 0 Å². The number of nitrogens with zero attached hydrogens (tertiary/aromatic N) is 2. The molecule has 0 bridgehead atoms. The zero-order chi connectivity index (χ0) is 19.1. The molecule has 0 aliphatic rings. The first-order valence-corrected chi connectivity index (χ1v) is 7.32. The van der Waals surface area contributed by atoms with E-state index >= 15 is 0 Å². The van der Waals surface area contributed by atoms with E-state index in [-0.39, 0.29) is 17.8 Å². The number of hydrogen-bond acceptors (Lipinski definition) is 2. The summed E-state index contributed by atoms with van der Waals surface area (Å²) >= 11 is 0. The van der Waals surface area contributed by atoms with Gasteiger partial charge in [0.2, 0.25) is 0 Å². The first kappa shape index (κ1) is 17.5. The fourth-order valence-corrected chi connectivity index (χ4v) is 2.78. The highest BCUT2D eigenvalue weighted by atomic mass is 19.4. The highest BCUT2D eigenvalue weighted by molar-refractivity contribution is 5.95. The first-order chi connectivity index (χ1) is 12.2. The van der Waals surface area contributed by atoms with Crippen molar-refractivity contribution in [1.82, 2.24) is 4.57 Å². The topological polar surface area (TPSA) is 66.0 Å². The monoisotopic (exact) mass is 362 g/mol. The number of aromatic nitrogens is 1. The lowest BCUT2D eigenvalue weighted by atomic mass is 10.1. The van der Waals surface area contributed by atoms with E-state index in [1.807, 2.05) is 6.07 Å². The van der Waals surface area contributed by atoms with E-state index in [0.29, 0.717) is 22.5 Å². The van der Waals surface area contributed by atoms with Crippen LogP contribution in [-0.2, 0) is 12.7 Å². The van der Waals surface area contributed by atoms with E-state index in [1.54, 1.807) is 0 Å². The van der Waals surface area contributed by atoms with E-state index in [4.69, 9.17) is 5.26 Å². The molecule has 0 atom stereocenters. The van der Waals surface area contributed by atoms with Crippen LogP contribution in [0, 0.1) is 17.1 Å². The third kappa shape index (κ3) is 3.24. The van der Waals surface area contributed by atoms with Gasteiger partial charge in [0, 0.05) is 17.4 Å². The lowest BCUT2D eigenvalue weighted by molar-refractivity contribution is -0.137. The molecule has 4 nitrogen and oxygen atoms in total. The number of aromatic carboxylic acids is 1. The Bertz CT molecular complexity index is 1060. The number of rotatable bonds is 3. The van der Waals surface area contributed by atoms with E-state index in [9.17, 15) is 27.5 Å². The summed E-state index contributed by atoms with van der Waals surface area (Å²) in [5.74, 6) is -2.35. The van der Waals surface area contributed by atoms with Gasteiger partial charge in [0.15, 0.2) is 0 Å². The Morgan fingerprint density at radius 3 is 2.50 bits per heavy atom. The van der Waals surface area contributed by atoms with Crippen molar-refractivity contribution in [3.8, 4) is 6.07 Å². The molecule has 1 heterocycles. The molecule has 132 valence electrons. The van der Waals surface area contributed by atoms with E-state index < -0.39 is 23.5 Å². The molecule has 8 heteroatoms. The van der Waals surface area contributed by atoms with Gasteiger partial charge in [0.05, 0.1) is 17.2 Å². The number of carboxylic acid groups (broad SMARTS) is 1. The van der Waals surface area contributed by atoms with Crippen molar-refractivity contribution in [3.63, 3.8) is 0 Å². The number of benzene rings is 2. The molecule has 0 aliphatic heterocycles. The predicted molar refractivity (Wildman–Crippen MR) is 84.1 cm³/mol. The van der Waals surface area contributed by atoms with Crippen LogP contribution in [0.2, 0.25) is 0 Å². The maximum atomic E-state index is 13.6. The van der Waals surface area contributed by atoms with Crippen LogP contribution < -0.4 is 0 Å². The van der Waals surface area contributed by atoms with Crippen molar-refractivity contribution in [2.75, 3.05) is 0 Å². The lowest BCUT2D eigenvalue weighted by Crippen LogP contribution is -2.11. The van der Waals surface area contributed by atoms with Gasteiger partial charge >= 0.3 is 12.1 Å². The molecule has 0 saturated heterocycles. The summed E-state index contributed by atoms with van der Waals surface area (Å²) < 4.78 is 53.5. The summed E-state index contributed by atoms with van der Waals surface area (Å²) in [7, 11) is 0. The van der Waals surface area contributed by atoms with Gasteiger partial charge in [0.25, 0.3) is 0 Å². The molecular weight excluding hydrogens is 352 g/mol. The number of hydrogen-bond donors (Lipinski definition) is 1. The summed E-state index contributed by atoms with van der Waals surface area (Å²) in [6, 6.07) is 9.79. The Kier molecular flexibility index (Phi) is 4.16. The van der Waals surface area contributed by atoms with Crippen molar-refractivity contribution in [1.29, 1.82) is 5.26 Å². The highest BCUT2D eigenvalue weighted by Gasteiger charge is 2.31. The standard InChI is InChI=1S/C18H10F4N2O2/c19-14-5-11(4-13(7-14)18(20,21)22)9-24-15-2-1-10(8-23)3-12(15)6-16(24)17(25)26/h1-7H,9H2,(H,25,26). The van der Waals surface area contributed by atoms with Crippen LogP contribution in [0.15, 0.2) is 42.5 Å². The molecule has 1 aromatic heterocycles. The Morgan fingerprint density at radius 1 is 1.15 bits per heavy atom. The van der Waals surface area contributed by atoms with Crippen LogP contribution in [-0.4, -0.2) is 15.6 Å². The smallest absolute Gasteiger partial charge is 0.416 e. The minimum absolute atomic E-state index is 0.0262. The molecule has 2 aromatic carbocycles. The third-order valence-corrected chi connectivity index (χ3v) is 3.88. The Labute approximate surface area is 144 Å². The second-order valence-electron chi connectivity index (χ2n) is 5.65. The zero-order valence-electron chi connectivity index (χ0n) is 13.0. The molecule has 26 heavy (non-hydrogen) atoms. The number of carbonyl (C=O) groups is 1. The second kappa shape index (κ2) is 6.19. The number of fused-ring (bicyclic) bond motifs is 1.